The molecule has 57 heavy (non-hydrogen) atoms. The van der Waals surface area contributed by atoms with Gasteiger partial charge in [-0.1, -0.05) is 56.3 Å². The average Bonchev–Trinajstić information content (AvgIpc) is 3.69. The fourth-order valence-corrected chi connectivity index (χ4v) is 6.50. The van der Waals surface area contributed by atoms with Crippen molar-refractivity contribution in [2.24, 2.45) is 17.4 Å². The fraction of sp³-hybridized carbons (Fsp3) is 0.425. The number of aromatic nitrogens is 3. The van der Waals surface area contributed by atoms with Crippen molar-refractivity contribution in [3.05, 3.63) is 96.3 Å². The summed E-state index contributed by atoms with van der Waals surface area (Å²) in [4.78, 5) is 79.8. The van der Waals surface area contributed by atoms with Gasteiger partial charge in [0.2, 0.25) is 23.6 Å². The third-order valence-electron chi connectivity index (χ3n) is 9.44. The molecule has 17 heteroatoms. The van der Waals surface area contributed by atoms with Crippen molar-refractivity contribution in [1.82, 2.24) is 35.8 Å². The molecule has 4 aromatic rings. The Morgan fingerprint density at radius 1 is 0.912 bits per heavy atom. The van der Waals surface area contributed by atoms with Gasteiger partial charge in [0, 0.05) is 38.5 Å². The molecule has 4 rings (SSSR count). The van der Waals surface area contributed by atoms with Crippen molar-refractivity contribution in [1.29, 1.82) is 0 Å². The van der Waals surface area contributed by atoms with Crippen LogP contribution in [0.2, 0.25) is 0 Å². The number of amides is 5. The predicted octanol–water partition coefficient (Wildman–Crippen LogP) is 2.59. The number of carbonyl (C=O) groups excluding carboxylic acids is 5. The summed E-state index contributed by atoms with van der Waals surface area (Å²) in [6, 6.07) is 12.6. The molecule has 0 saturated heterocycles. The molecule has 310 valence electrons. The Balaban J connectivity index is 0.00000561. The number of halogens is 2. The number of imidazole rings is 1. The highest BCUT2D eigenvalue weighted by atomic mass is 35.5. The zero-order chi connectivity index (χ0) is 39.9. The maximum Gasteiger partial charge on any atom is 0.253 e. The number of rotatable bonds is 21. The second kappa shape index (κ2) is 23.9. The number of pyridine rings is 1. The molecule has 15 nitrogen and oxygen atoms in total. The molecule has 5 atom stereocenters. The van der Waals surface area contributed by atoms with Crippen molar-refractivity contribution in [3.63, 3.8) is 0 Å². The van der Waals surface area contributed by atoms with E-state index in [1.54, 1.807) is 24.5 Å². The third-order valence-corrected chi connectivity index (χ3v) is 9.44. The van der Waals surface area contributed by atoms with Crippen LogP contribution in [-0.4, -0.2) is 98.4 Å². The molecule has 5 amide bonds. The van der Waals surface area contributed by atoms with E-state index in [0.29, 0.717) is 37.9 Å². The second-order valence-electron chi connectivity index (χ2n) is 14.2. The number of aromatic amines is 1. The van der Waals surface area contributed by atoms with E-state index in [-0.39, 0.29) is 49.1 Å². The van der Waals surface area contributed by atoms with Crippen LogP contribution in [0.15, 0.2) is 79.5 Å². The van der Waals surface area contributed by atoms with Gasteiger partial charge in [-0.25, -0.2) is 4.98 Å². The molecule has 0 bridgehead atoms. The van der Waals surface area contributed by atoms with Crippen molar-refractivity contribution < 1.29 is 29.1 Å². The predicted molar refractivity (Wildman–Crippen MR) is 223 cm³/mol. The standard InChI is InChI=1S/C40H53N9O6.2ClH/c1-25(2)18-32(35(50)21-36(51)46-31(37(42)52)15-6-7-16-41)47-39(54)34(20-29-23-44-24-45-29)49(3)40(55)33(48-38(53)28-13-9-17-43-22-28)19-27-12-8-11-26-10-4-5-14-30(26)27;;/h4-5,8-14,17,22-25,31-35,50H,6-7,15-16,18-21,41H2,1-3H3,(H2,42,52)(H,44,45)(H,46,51)(H,47,54)(H,48,53);2*1H/t31-,32-,33-,34-,35-;;/m0../s1. The second-order valence-corrected chi connectivity index (χ2v) is 14.2. The topological polar surface area (TPSA) is 239 Å². The highest BCUT2D eigenvalue weighted by molar-refractivity contribution is 5.98. The lowest BCUT2D eigenvalue weighted by molar-refractivity contribution is -0.141. The van der Waals surface area contributed by atoms with Gasteiger partial charge in [0.15, 0.2) is 0 Å². The van der Waals surface area contributed by atoms with Gasteiger partial charge in [0.25, 0.3) is 5.91 Å². The molecule has 0 unspecified atom stereocenters. The van der Waals surface area contributed by atoms with E-state index >= 15 is 0 Å². The number of fused-ring (bicyclic) bond motifs is 1. The lowest BCUT2D eigenvalue weighted by Crippen LogP contribution is -2.58. The summed E-state index contributed by atoms with van der Waals surface area (Å²) in [6.07, 6.45) is 6.24. The Kier molecular flexibility index (Phi) is 20.1. The van der Waals surface area contributed by atoms with E-state index < -0.39 is 66.2 Å². The number of aliphatic hydroxyl groups is 1. The summed E-state index contributed by atoms with van der Waals surface area (Å²) in [5, 5.41) is 21.6. The first-order chi connectivity index (χ1) is 26.4. The molecule has 0 fully saturated rings. The zero-order valence-corrected chi connectivity index (χ0v) is 34.1. The van der Waals surface area contributed by atoms with Crippen molar-refractivity contribution in [2.75, 3.05) is 13.6 Å². The normalized spacial score (nSPS) is 13.5. The number of aliphatic hydroxyl groups excluding tert-OH is 1. The van der Waals surface area contributed by atoms with Gasteiger partial charge < -0.3 is 42.4 Å². The van der Waals surface area contributed by atoms with Gasteiger partial charge in [-0.05, 0) is 66.6 Å². The first-order valence-electron chi connectivity index (χ1n) is 18.6. The van der Waals surface area contributed by atoms with Gasteiger partial charge >= 0.3 is 0 Å². The summed E-state index contributed by atoms with van der Waals surface area (Å²) in [5.41, 5.74) is 12.6. The van der Waals surface area contributed by atoms with Crippen LogP contribution in [0, 0.1) is 5.92 Å². The van der Waals surface area contributed by atoms with Gasteiger partial charge in [-0.2, -0.15) is 0 Å². The molecular weight excluding hydrogens is 773 g/mol. The molecule has 0 aliphatic carbocycles. The van der Waals surface area contributed by atoms with Crippen LogP contribution in [0.1, 0.15) is 67.6 Å². The Hall–Kier alpha value is -5.09. The molecule has 0 radical (unpaired) electrons. The van der Waals surface area contributed by atoms with E-state index in [1.165, 1.54) is 24.5 Å². The van der Waals surface area contributed by atoms with Crippen molar-refractivity contribution in [3.8, 4) is 0 Å². The Bertz CT molecular complexity index is 1880. The number of hydrogen-bond donors (Lipinski definition) is 7. The average molecular weight is 829 g/mol. The van der Waals surface area contributed by atoms with Crippen LogP contribution >= 0.6 is 24.8 Å². The molecule has 2 heterocycles. The van der Waals surface area contributed by atoms with E-state index in [4.69, 9.17) is 11.5 Å². The van der Waals surface area contributed by atoms with E-state index in [2.05, 4.69) is 30.9 Å². The number of nitrogens with two attached hydrogens (primary N) is 2. The lowest BCUT2D eigenvalue weighted by Gasteiger charge is -2.33. The van der Waals surface area contributed by atoms with E-state index in [0.717, 1.165) is 16.3 Å². The highest BCUT2D eigenvalue weighted by Crippen LogP contribution is 2.22. The first-order valence-corrected chi connectivity index (χ1v) is 18.6. The highest BCUT2D eigenvalue weighted by Gasteiger charge is 2.36. The maximum atomic E-state index is 14.6. The smallest absolute Gasteiger partial charge is 0.253 e. The molecule has 2 aromatic carbocycles. The number of likely N-dealkylation sites (N-methyl/N-ethyl adjacent to an activating group) is 1. The number of benzene rings is 2. The van der Waals surface area contributed by atoms with Crippen LogP contribution in [0.3, 0.4) is 0 Å². The minimum Gasteiger partial charge on any atom is -0.390 e. The lowest BCUT2D eigenvalue weighted by atomic mass is 9.95. The summed E-state index contributed by atoms with van der Waals surface area (Å²) in [5.74, 6) is -2.94. The number of carbonyl (C=O) groups is 5. The van der Waals surface area contributed by atoms with E-state index in [1.807, 2.05) is 56.3 Å². The van der Waals surface area contributed by atoms with E-state index in [9.17, 15) is 29.1 Å². The van der Waals surface area contributed by atoms with Crippen LogP contribution < -0.4 is 27.4 Å². The van der Waals surface area contributed by atoms with Crippen LogP contribution in [-0.2, 0) is 32.0 Å². The summed E-state index contributed by atoms with van der Waals surface area (Å²) in [6.45, 7) is 4.25. The monoisotopic (exact) mass is 827 g/mol. The van der Waals surface area contributed by atoms with Crippen molar-refractivity contribution in [2.45, 2.75) is 89.1 Å². The number of unbranched alkanes of at least 4 members (excludes halogenated alkanes) is 1. The number of hydrogen-bond acceptors (Lipinski definition) is 9. The SMILES string of the molecule is CC(C)C[C@H](NC(=O)[C@H](Cc1c[nH]cn1)N(C)C(=O)[C@H](Cc1cccc2ccccc12)NC(=O)c1cccnc1)[C@@H](O)CC(=O)N[C@@H](CCCCN)C(N)=O.Cl.Cl. The quantitative estimate of drug-likeness (QED) is 0.0611. The van der Waals surface area contributed by atoms with Crippen molar-refractivity contribution >= 4 is 65.1 Å². The van der Waals surface area contributed by atoms with Gasteiger partial charge in [0.1, 0.15) is 18.1 Å². The number of H-pyrrole nitrogens is 1. The summed E-state index contributed by atoms with van der Waals surface area (Å²) < 4.78 is 0. The van der Waals surface area contributed by atoms with Crippen LogP contribution in [0.4, 0.5) is 0 Å². The first kappa shape index (κ1) is 48.1. The molecular formula is C40H55Cl2N9O6. The Labute approximate surface area is 345 Å². The number of nitrogens with one attached hydrogen (secondary N) is 4. The minimum atomic E-state index is -1.34. The van der Waals surface area contributed by atoms with Gasteiger partial charge in [-0.3, -0.25) is 29.0 Å². The third kappa shape index (κ3) is 14.4. The zero-order valence-electron chi connectivity index (χ0n) is 32.4. The molecule has 0 saturated carbocycles. The summed E-state index contributed by atoms with van der Waals surface area (Å²) in [7, 11) is 1.49. The Morgan fingerprint density at radius 2 is 1.65 bits per heavy atom. The molecule has 0 aliphatic heterocycles. The fourth-order valence-electron chi connectivity index (χ4n) is 6.50. The van der Waals surface area contributed by atoms with Gasteiger partial charge in [0.05, 0.1) is 36.2 Å². The molecule has 2 aromatic heterocycles. The maximum absolute atomic E-state index is 14.6. The molecule has 0 aliphatic rings. The summed E-state index contributed by atoms with van der Waals surface area (Å²) >= 11 is 0. The number of nitrogens with zero attached hydrogens (tertiary/aromatic N) is 3. The largest absolute Gasteiger partial charge is 0.390 e. The Morgan fingerprint density at radius 3 is 2.30 bits per heavy atom. The minimum absolute atomic E-state index is 0. The number of primary amides is 1. The van der Waals surface area contributed by atoms with Gasteiger partial charge in [-0.15, -0.1) is 24.8 Å². The van der Waals surface area contributed by atoms with Crippen LogP contribution in [0.5, 0.6) is 0 Å². The molecule has 9 N–H and O–H groups in total. The molecule has 0 spiro atoms. The van der Waals surface area contributed by atoms with Crippen LogP contribution in [0.25, 0.3) is 10.8 Å².